The molecule has 2 aliphatic rings. The molecule has 3 heterocycles. The Morgan fingerprint density at radius 3 is 2.44 bits per heavy atom. The van der Waals surface area contributed by atoms with E-state index < -0.39 is 0 Å². The first-order valence-electron chi connectivity index (χ1n) is 9.13. The van der Waals surface area contributed by atoms with Crippen LogP contribution in [0.5, 0.6) is 0 Å². The zero-order valence-corrected chi connectivity index (χ0v) is 14.8. The minimum Gasteiger partial charge on any atom is -0.339 e. The molecule has 1 amide bonds. The number of likely N-dealkylation sites (tertiary alicyclic amines) is 2. The average Bonchev–Trinajstić information content (AvgIpc) is 2.99. The van der Waals surface area contributed by atoms with Gasteiger partial charge >= 0.3 is 0 Å². The number of carbonyl (C=O) groups is 1. The van der Waals surface area contributed by atoms with Gasteiger partial charge in [-0.25, -0.2) is 0 Å². The monoisotopic (exact) mass is 335 g/mol. The summed E-state index contributed by atoms with van der Waals surface area (Å²) in [6, 6.07) is 14.5. The number of rotatable bonds is 2. The molecule has 1 aromatic heterocycles. The zero-order chi connectivity index (χ0) is 17.3. The van der Waals surface area contributed by atoms with Crippen molar-refractivity contribution in [3.05, 3.63) is 66.0 Å². The highest BCUT2D eigenvalue weighted by atomic mass is 16.2. The highest BCUT2D eigenvalue weighted by Crippen LogP contribution is 2.44. The van der Waals surface area contributed by atoms with E-state index in [0.29, 0.717) is 5.92 Å². The molecule has 1 aromatic carbocycles. The Kier molecular flexibility index (Phi) is 4.30. The molecule has 2 aliphatic heterocycles. The third-order valence-corrected chi connectivity index (χ3v) is 6.11. The van der Waals surface area contributed by atoms with Gasteiger partial charge in [0.1, 0.15) is 0 Å². The Morgan fingerprint density at radius 2 is 1.76 bits per heavy atom. The van der Waals surface area contributed by atoms with E-state index in [4.69, 9.17) is 0 Å². The summed E-state index contributed by atoms with van der Waals surface area (Å²) in [6.07, 6.45) is 6.69. The lowest BCUT2D eigenvalue weighted by Crippen LogP contribution is -2.52. The van der Waals surface area contributed by atoms with Crippen LogP contribution in [-0.4, -0.2) is 52.9 Å². The lowest BCUT2D eigenvalue weighted by Gasteiger charge is -2.43. The molecule has 0 unspecified atom stereocenters. The smallest absolute Gasteiger partial charge is 0.253 e. The summed E-state index contributed by atoms with van der Waals surface area (Å²) in [5, 5.41) is 0. The summed E-state index contributed by atoms with van der Waals surface area (Å²) in [5.74, 6) is 0.742. The van der Waals surface area contributed by atoms with Gasteiger partial charge < -0.3 is 4.90 Å². The summed E-state index contributed by atoms with van der Waals surface area (Å²) in [7, 11) is 2.25. The molecule has 0 saturated carbocycles. The predicted octanol–water partition coefficient (Wildman–Crippen LogP) is 3.18. The molecule has 4 rings (SSSR count). The molecule has 130 valence electrons. The summed E-state index contributed by atoms with van der Waals surface area (Å²) in [5.41, 5.74) is 2.43. The van der Waals surface area contributed by atoms with E-state index in [1.165, 1.54) is 12.0 Å². The van der Waals surface area contributed by atoms with Crippen molar-refractivity contribution >= 4 is 5.91 Å². The summed E-state index contributed by atoms with van der Waals surface area (Å²) in [4.78, 5) is 21.2. The fourth-order valence-corrected chi connectivity index (χ4v) is 4.54. The van der Waals surface area contributed by atoms with Crippen LogP contribution in [0.4, 0.5) is 0 Å². The van der Waals surface area contributed by atoms with Gasteiger partial charge in [0.05, 0.1) is 0 Å². The summed E-state index contributed by atoms with van der Waals surface area (Å²) < 4.78 is 0. The molecule has 1 atom stereocenters. The van der Waals surface area contributed by atoms with Crippen molar-refractivity contribution in [1.29, 1.82) is 0 Å². The van der Waals surface area contributed by atoms with Gasteiger partial charge in [0.15, 0.2) is 0 Å². The van der Waals surface area contributed by atoms with Crippen molar-refractivity contribution in [1.82, 2.24) is 14.8 Å². The Bertz CT molecular complexity index is 723. The van der Waals surface area contributed by atoms with Gasteiger partial charge in [-0.1, -0.05) is 30.3 Å². The Balaban J connectivity index is 1.43. The van der Waals surface area contributed by atoms with E-state index in [2.05, 4.69) is 47.3 Å². The van der Waals surface area contributed by atoms with Gasteiger partial charge in [-0.15, -0.1) is 0 Å². The second-order valence-corrected chi connectivity index (χ2v) is 7.44. The second kappa shape index (κ2) is 6.60. The van der Waals surface area contributed by atoms with Crippen LogP contribution < -0.4 is 0 Å². The molecule has 0 bridgehead atoms. The number of piperidine rings is 1. The number of hydrogen-bond acceptors (Lipinski definition) is 3. The van der Waals surface area contributed by atoms with Crippen molar-refractivity contribution in [2.75, 3.05) is 26.7 Å². The van der Waals surface area contributed by atoms with Crippen molar-refractivity contribution in [3.63, 3.8) is 0 Å². The van der Waals surface area contributed by atoms with E-state index in [1.54, 1.807) is 24.5 Å². The number of benzene rings is 1. The topological polar surface area (TPSA) is 36.4 Å². The van der Waals surface area contributed by atoms with Crippen LogP contribution >= 0.6 is 0 Å². The third-order valence-electron chi connectivity index (χ3n) is 6.11. The fourth-order valence-electron chi connectivity index (χ4n) is 4.54. The average molecular weight is 335 g/mol. The largest absolute Gasteiger partial charge is 0.339 e. The SMILES string of the molecule is CN1C[C@H](c2ccccc2)CC12CCN(C(=O)c1ccncc1)CC2. The molecule has 2 fully saturated rings. The fraction of sp³-hybridized carbons (Fsp3) is 0.429. The van der Waals surface area contributed by atoms with Gasteiger partial charge in [0.25, 0.3) is 5.91 Å². The van der Waals surface area contributed by atoms with E-state index >= 15 is 0 Å². The first-order chi connectivity index (χ1) is 12.2. The molecule has 2 saturated heterocycles. The Morgan fingerprint density at radius 1 is 1.08 bits per heavy atom. The van der Waals surface area contributed by atoms with Crippen molar-refractivity contribution in [3.8, 4) is 0 Å². The van der Waals surface area contributed by atoms with E-state index in [-0.39, 0.29) is 11.4 Å². The maximum absolute atomic E-state index is 12.7. The van der Waals surface area contributed by atoms with Gasteiger partial charge in [0, 0.05) is 43.1 Å². The number of amides is 1. The number of likely N-dealkylation sites (N-methyl/N-ethyl adjacent to an activating group) is 1. The minimum absolute atomic E-state index is 0.137. The van der Waals surface area contributed by atoms with Crippen molar-refractivity contribution in [2.45, 2.75) is 30.7 Å². The Labute approximate surface area is 149 Å². The highest BCUT2D eigenvalue weighted by molar-refractivity contribution is 5.94. The maximum atomic E-state index is 12.7. The molecule has 0 radical (unpaired) electrons. The number of aromatic nitrogens is 1. The van der Waals surface area contributed by atoms with Crippen LogP contribution in [0, 0.1) is 0 Å². The van der Waals surface area contributed by atoms with Gasteiger partial charge in [-0.05, 0) is 49.9 Å². The van der Waals surface area contributed by atoms with Crippen LogP contribution in [0.25, 0.3) is 0 Å². The molecular weight excluding hydrogens is 310 g/mol. The third kappa shape index (κ3) is 3.07. The second-order valence-electron chi connectivity index (χ2n) is 7.44. The Hall–Kier alpha value is -2.20. The number of nitrogens with zero attached hydrogens (tertiary/aromatic N) is 3. The molecule has 0 N–H and O–H groups in total. The van der Waals surface area contributed by atoms with Crippen LogP contribution in [0.15, 0.2) is 54.9 Å². The first kappa shape index (κ1) is 16.3. The van der Waals surface area contributed by atoms with E-state index in [1.807, 2.05) is 4.90 Å². The van der Waals surface area contributed by atoms with Crippen LogP contribution in [0.1, 0.15) is 41.1 Å². The molecule has 2 aromatic rings. The number of pyridine rings is 1. The van der Waals surface area contributed by atoms with E-state index in [9.17, 15) is 4.79 Å². The predicted molar refractivity (Wildman–Crippen MR) is 98.5 cm³/mol. The quantitative estimate of drug-likeness (QED) is 0.846. The lowest BCUT2D eigenvalue weighted by atomic mass is 9.81. The lowest BCUT2D eigenvalue weighted by molar-refractivity contribution is 0.0492. The van der Waals surface area contributed by atoms with Crippen molar-refractivity contribution in [2.24, 2.45) is 0 Å². The zero-order valence-electron chi connectivity index (χ0n) is 14.8. The van der Waals surface area contributed by atoms with Crippen molar-refractivity contribution < 1.29 is 4.79 Å². The highest BCUT2D eigenvalue weighted by Gasteiger charge is 2.46. The summed E-state index contributed by atoms with van der Waals surface area (Å²) >= 11 is 0. The number of carbonyl (C=O) groups excluding carboxylic acids is 1. The first-order valence-corrected chi connectivity index (χ1v) is 9.13. The van der Waals surface area contributed by atoms with Gasteiger partial charge in [-0.2, -0.15) is 0 Å². The number of hydrogen-bond donors (Lipinski definition) is 0. The molecular formula is C21H25N3O. The van der Waals surface area contributed by atoms with Crippen LogP contribution in [0.2, 0.25) is 0 Å². The molecule has 4 nitrogen and oxygen atoms in total. The normalized spacial score (nSPS) is 23.1. The standard InChI is InChI=1S/C21H25N3O/c1-23-16-19(17-5-3-2-4-6-17)15-21(23)9-13-24(14-10-21)20(25)18-7-11-22-12-8-18/h2-8,11-12,19H,9-10,13-16H2,1H3/t19-/m1/s1. The molecule has 25 heavy (non-hydrogen) atoms. The maximum Gasteiger partial charge on any atom is 0.253 e. The summed E-state index contributed by atoms with van der Waals surface area (Å²) in [6.45, 7) is 2.79. The van der Waals surface area contributed by atoms with E-state index in [0.717, 1.165) is 38.0 Å². The van der Waals surface area contributed by atoms with Gasteiger partial charge in [-0.3, -0.25) is 14.7 Å². The van der Waals surface area contributed by atoms with Gasteiger partial charge in [0.2, 0.25) is 0 Å². The van der Waals surface area contributed by atoms with Crippen LogP contribution in [-0.2, 0) is 0 Å². The molecule has 1 spiro atoms. The van der Waals surface area contributed by atoms with Crippen LogP contribution in [0.3, 0.4) is 0 Å². The molecule has 0 aliphatic carbocycles. The minimum atomic E-state index is 0.137. The molecule has 4 heteroatoms.